The molecule has 0 amide bonds. The van der Waals surface area contributed by atoms with Crippen LogP contribution in [-0.2, 0) is 9.47 Å². The average Bonchev–Trinajstić information content (AvgIpc) is 2.88. The van der Waals surface area contributed by atoms with E-state index in [9.17, 15) is 0 Å². The first-order chi connectivity index (χ1) is 8.38. The van der Waals surface area contributed by atoms with E-state index in [0.29, 0.717) is 12.2 Å². The molecule has 0 heterocycles. The molecule has 2 fully saturated rings. The van der Waals surface area contributed by atoms with Crippen LogP contribution in [0, 0.1) is 0 Å². The Balaban J connectivity index is 1.52. The van der Waals surface area contributed by atoms with Gasteiger partial charge in [-0.15, -0.1) is 0 Å². The molecule has 3 nitrogen and oxygen atoms in total. The van der Waals surface area contributed by atoms with Gasteiger partial charge in [0.1, 0.15) is 0 Å². The van der Waals surface area contributed by atoms with Gasteiger partial charge >= 0.3 is 0 Å². The molecule has 2 unspecified atom stereocenters. The van der Waals surface area contributed by atoms with Gasteiger partial charge in [-0.25, -0.2) is 0 Å². The van der Waals surface area contributed by atoms with Gasteiger partial charge in [0.15, 0.2) is 0 Å². The lowest BCUT2D eigenvalue weighted by Gasteiger charge is -2.28. The summed E-state index contributed by atoms with van der Waals surface area (Å²) in [5.74, 6) is 0. The maximum absolute atomic E-state index is 5.93. The summed E-state index contributed by atoms with van der Waals surface area (Å²) in [7, 11) is 1.81. The van der Waals surface area contributed by atoms with Gasteiger partial charge in [0.2, 0.25) is 0 Å². The maximum Gasteiger partial charge on any atom is 0.0600 e. The molecule has 100 valence electrons. The number of methoxy groups -OCH3 is 1. The molecule has 2 aliphatic carbocycles. The Bertz CT molecular complexity index is 204. The number of ether oxygens (including phenoxy) is 2. The zero-order chi connectivity index (χ0) is 11.9. The third-order valence-electron chi connectivity index (χ3n) is 4.16. The Morgan fingerprint density at radius 2 is 1.76 bits per heavy atom. The molecule has 2 saturated carbocycles. The summed E-state index contributed by atoms with van der Waals surface area (Å²) < 4.78 is 11.3. The topological polar surface area (TPSA) is 30.5 Å². The predicted molar refractivity (Wildman–Crippen MR) is 69.3 cm³/mol. The largest absolute Gasteiger partial charge is 0.381 e. The summed E-state index contributed by atoms with van der Waals surface area (Å²) in [6.45, 7) is 1.87. The van der Waals surface area contributed by atoms with E-state index in [2.05, 4.69) is 5.32 Å². The van der Waals surface area contributed by atoms with Crippen LogP contribution >= 0.6 is 0 Å². The van der Waals surface area contributed by atoms with Crippen LogP contribution < -0.4 is 5.32 Å². The fourth-order valence-corrected chi connectivity index (χ4v) is 3.09. The highest BCUT2D eigenvalue weighted by atomic mass is 16.5. The van der Waals surface area contributed by atoms with Crippen LogP contribution in [0.25, 0.3) is 0 Å². The minimum absolute atomic E-state index is 0.427. The number of hydrogen-bond acceptors (Lipinski definition) is 3. The summed E-state index contributed by atoms with van der Waals surface area (Å²) in [4.78, 5) is 0. The molecule has 0 aliphatic heterocycles. The van der Waals surface area contributed by atoms with E-state index in [-0.39, 0.29) is 0 Å². The van der Waals surface area contributed by atoms with Gasteiger partial charge in [-0.1, -0.05) is 12.8 Å². The van der Waals surface area contributed by atoms with Crippen molar-refractivity contribution in [2.24, 2.45) is 0 Å². The van der Waals surface area contributed by atoms with Gasteiger partial charge in [-0.2, -0.15) is 0 Å². The molecule has 0 aromatic carbocycles. The van der Waals surface area contributed by atoms with Gasteiger partial charge < -0.3 is 14.8 Å². The Hall–Kier alpha value is -0.120. The van der Waals surface area contributed by atoms with E-state index >= 15 is 0 Å². The summed E-state index contributed by atoms with van der Waals surface area (Å²) in [5.41, 5.74) is 0. The first-order valence-electron chi connectivity index (χ1n) is 7.26. The molecule has 2 atom stereocenters. The molecule has 0 aromatic rings. The Labute approximate surface area is 105 Å². The molecule has 3 heteroatoms. The van der Waals surface area contributed by atoms with Crippen molar-refractivity contribution in [2.75, 3.05) is 20.3 Å². The number of hydrogen-bond donors (Lipinski definition) is 1. The van der Waals surface area contributed by atoms with E-state index in [1.54, 1.807) is 0 Å². The number of rotatable bonds is 6. The fraction of sp³-hybridized carbons (Fsp3) is 1.00. The molecular formula is C14H27NO2. The van der Waals surface area contributed by atoms with Crippen molar-refractivity contribution in [3.63, 3.8) is 0 Å². The average molecular weight is 241 g/mol. The second kappa shape index (κ2) is 7.34. The Kier molecular flexibility index (Phi) is 5.75. The Morgan fingerprint density at radius 3 is 2.53 bits per heavy atom. The van der Waals surface area contributed by atoms with Crippen LogP contribution in [-0.4, -0.2) is 38.5 Å². The first kappa shape index (κ1) is 13.3. The van der Waals surface area contributed by atoms with E-state index in [1.807, 2.05) is 7.11 Å². The maximum atomic E-state index is 5.93. The standard InChI is InChI=1S/C14H27NO2/c1-16-13-7-4-8-14(11-13)17-10-9-15-12-5-2-3-6-12/h12-15H,2-11H2,1H3. The molecule has 2 aliphatic rings. The van der Waals surface area contributed by atoms with Crippen LogP contribution in [0.3, 0.4) is 0 Å². The van der Waals surface area contributed by atoms with Crippen LogP contribution in [0.4, 0.5) is 0 Å². The van der Waals surface area contributed by atoms with E-state index in [1.165, 1.54) is 44.9 Å². The van der Waals surface area contributed by atoms with Crippen molar-refractivity contribution < 1.29 is 9.47 Å². The minimum atomic E-state index is 0.427. The van der Waals surface area contributed by atoms with Gasteiger partial charge in [-0.05, 0) is 38.5 Å². The van der Waals surface area contributed by atoms with Gasteiger partial charge in [0.05, 0.1) is 18.8 Å². The second-order valence-corrected chi connectivity index (χ2v) is 5.45. The van der Waals surface area contributed by atoms with E-state index in [0.717, 1.165) is 25.6 Å². The van der Waals surface area contributed by atoms with Crippen molar-refractivity contribution in [3.8, 4) is 0 Å². The second-order valence-electron chi connectivity index (χ2n) is 5.45. The van der Waals surface area contributed by atoms with Gasteiger partial charge in [0, 0.05) is 19.7 Å². The molecule has 0 saturated heterocycles. The molecule has 0 aromatic heterocycles. The highest BCUT2D eigenvalue weighted by Gasteiger charge is 2.22. The summed E-state index contributed by atoms with van der Waals surface area (Å²) in [5, 5.41) is 3.59. The lowest BCUT2D eigenvalue weighted by molar-refractivity contribution is -0.0285. The fourth-order valence-electron chi connectivity index (χ4n) is 3.09. The molecule has 1 N–H and O–H groups in total. The first-order valence-corrected chi connectivity index (χ1v) is 7.26. The highest BCUT2D eigenvalue weighted by molar-refractivity contribution is 4.75. The van der Waals surface area contributed by atoms with Crippen LogP contribution in [0.15, 0.2) is 0 Å². The zero-order valence-corrected chi connectivity index (χ0v) is 11.1. The van der Waals surface area contributed by atoms with Crippen molar-refractivity contribution >= 4 is 0 Å². The summed E-state index contributed by atoms with van der Waals surface area (Å²) in [6.07, 6.45) is 11.1. The van der Waals surface area contributed by atoms with Crippen molar-refractivity contribution in [1.82, 2.24) is 5.32 Å². The summed E-state index contributed by atoms with van der Waals surface area (Å²) >= 11 is 0. The molecule has 2 rings (SSSR count). The normalized spacial score (nSPS) is 30.9. The van der Waals surface area contributed by atoms with Gasteiger partial charge in [-0.3, -0.25) is 0 Å². The van der Waals surface area contributed by atoms with Crippen molar-refractivity contribution in [3.05, 3.63) is 0 Å². The third kappa shape index (κ3) is 4.57. The SMILES string of the molecule is COC1CCCC(OCCNC2CCCC2)C1. The molecule has 0 spiro atoms. The van der Waals surface area contributed by atoms with Crippen LogP contribution in [0.2, 0.25) is 0 Å². The quantitative estimate of drug-likeness (QED) is 0.725. The van der Waals surface area contributed by atoms with Crippen LogP contribution in [0.5, 0.6) is 0 Å². The lowest BCUT2D eigenvalue weighted by atomic mass is 9.95. The summed E-state index contributed by atoms with van der Waals surface area (Å²) in [6, 6.07) is 0.761. The molecule has 0 radical (unpaired) electrons. The smallest absolute Gasteiger partial charge is 0.0600 e. The number of nitrogens with one attached hydrogen (secondary N) is 1. The van der Waals surface area contributed by atoms with Crippen LogP contribution in [0.1, 0.15) is 51.4 Å². The Morgan fingerprint density at radius 1 is 1.00 bits per heavy atom. The third-order valence-corrected chi connectivity index (χ3v) is 4.16. The van der Waals surface area contributed by atoms with E-state index in [4.69, 9.17) is 9.47 Å². The predicted octanol–water partition coefficient (Wildman–Crippen LogP) is 2.49. The lowest BCUT2D eigenvalue weighted by Crippen LogP contribution is -2.33. The minimum Gasteiger partial charge on any atom is -0.381 e. The molecule has 0 bridgehead atoms. The van der Waals surface area contributed by atoms with Crippen molar-refractivity contribution in [2.45, 2.75) is 69.6 Å². The van der Waals surface area contributed by atoms with Crippen molar-refractivity contribution in [1.29, 1.82) is 0 Å². The van der Waals surface area contributed by atoms with Gasteiger partial charge in [0.25, 0.3) is 0 Å². The van der Waals surface area contributed by atoms with E-state index < -0.39 is 0 Å². The highest BCUT2D eigenvalue weighted by Crippen LogP contribution is 2.23. The molecule has 17 heavy (non-hydrogen) atoms. The molecular weight excluding hydrogens is 214 g/mol. The zero-order valence-electron chi connectivity index (χ0n) is 11.1. The monoisotopic (exact) mass is 241 g/mol.